The Labute approximate surface area is 186 Å². The Bertz CT molecular complexity index is 1360. The number of imidazole rings is 1. The Kier molecular flexibility index (Phi) is 5.38. The van der Waals surface area contributed by atoms with Crippen LogP contribution in [0.2, 0.25) is 0 Å². The van der Waals surface area contributed by atoms with Crippen LogP contribution in [0.4, 0.5) is 4.39 Å². The minimum atomic E-state index is -0.297. The van der Waals surface area contributed by atoms with Crippen LogP contribution in [0.25, 0.3) is 21.9 Å². The molecule has 162 valence electrons. The number of rotatable bonds is 7. The summed E-state index contributed by atoms with van der Waals surface area (Å²) >= 11 is 1.53. The summed E-state index contributed by atoms with van der Waals surface area (Å²) in [5.74, 6) is 0.486. The molecule has 32 heavy (non-hydrogen) atoms. The van der Waals surface area contributed by atoms with E-state index in [2.05, 4.69) is 15.4 Å². The average Bonchev–Trinajstić information content (AvgIpc) is 3.50. The van der Waals surface area contributed by atoms with Crippen LogP contribution in [-0.2, 0) is 18.0 Å². The summed E-state index contributed by atoms with van der Waals surface area (Å²) in [6, 6.07) is 13.8. The fourth-order valence-electron chi connectivity index (χ4n) is 3.33. The van der Waals surface area contributed by atoms with Crippen molar-refractivity contribution in [2.24, 2.45) is 0 Å². The fraction of sp³-hybridized carbons (Fsp3) is 0.182. The zero-order valence-corrected chi connectivity index (χ0v) is 18.2. The second-order valence-electron chi connectivity index (χ2n) is 7.07. The second kappa shape index (κ2) is 8.48. The molecule has 5 rings (SSSR count). The summed E-state index contributed by atoms with van der Waals surface area (Å²) in [4.78, 5) is 5.59. The highest BCUT2D eigenvalue weighted by atomic mass is 32.1. The van der Waals surface area contributed by atoms with E-state index in [4.69, 9.17) is 14.5 Å². The van der Waals surface area contributed by atoms with E-state index in [0.717, 1.165) is 38.4 Å². The topological polar surface area (TPSA) is 79.4 Å². The number of aromatic nitrogens is 6. The van der Waals surface area contributed by atoms with Crippen molar-refractivity contribution in [2.45, 2.75) is 20.1 Å². The van der Waals surface area contributed by atoms with Gasteiger partial charge in [0.1, 0.15) is 22.3 Å². The molecule has 0 atom stereocenters. The predicted molar refractivity (Wildman–Crippen MR) is 117 cm³/mol. The van der Waals surface area contributed by atoms with Crippen LogP contribution < -0.4 is 4.74 Å². The van der Waals surface area contributed by atoms with E-state index in [-0.39, 0.29) is 12.4 Å². The lowest BCUT2D eigenvalue weighted by atomic mass is 10.1. The molecule has 0 N–H and O–H groups in total. The molecule has 0 saturated carbocycles. The van der Waals surface area contributed by atoms with E-state index >= 15 is 0 Å². The van der Waals surface area contributed by atoms with E-state index in [0.29, 0.717) is 12.3 Å². The zero-order chi connectivity index (χ0) is 22.1. The van der Waals surface area contributed by atoms with Crippen LogP contribution in [0.15, 0.2) is 54.7 Å². The van der Waals surface area contributed by atoms with Gasteiger partial charge in [0.15, 0.2) is 0 Å². The SMILES string of the molecule is COc1ccc(-c2nc3sc(C)nn3c2COCc2cn(-c3ccc(F)cc3)nn2)cc1. The number of nitrogens with zero attached hydrogens (tertiary/aromatic N) is 6. The first-order valence-corrected chi connectivity index (χ1v) is 10.7. The number of ether oxygens (including phenoxy) is 2. The minimum absolute atomic E-state index is 0.263. The van der Waals surface area contributed by atoms with Crippen LogP contribution >= 0.6 is 11.3 Å². The third kappa shape index (κ3) is 3.97. The molecule has 0 saturated heterocycles. The van der Waals surface area contributed by atoms with E-state index < -0.39 is 0 Å². The van der Waals surface area contributed by atoms with Crippen LogP contribution in [0.3, 0.4) is 0 Å². The molecular formula is C22H19FN6O2S. The number of methoxy groups -OCH3 is 1. The molecule has 0 unspecified atom stereocenters. The first kappa shape index (κ1) is 20.3. The lowest BCUT2D eigenvalue weighted by Gasteiger charge is -2.06. The van der Waals surface area contributed by atoms with E-state index in [9.17, 15) is 4.39 Å². The van der Waals surface area contributed by atoms with Crippen molar-refractivity contribution in [3.05, 3.63) is 76.9 Å². The molecule has 0 radical (unpaired) electrons. The van der Waals surface area contributed by atoms with Gasteiger partial charge in [-0.15, -0.1) is 5.10 Å². The van der Waals surface area contributed by atoms with Gasteiger partial charge in [0.2, 0.25) is 4.96 Å². The number of benzene rings is 2. The van der Waals surface area contributed by atoms with Crippen molar-refractivity contribution < 1.29 is 13.9 Å². The molecule has 10 heteroatoms. The molecule has 0 fully saturated rings. The summed E-state index contributed by atoms with van der Waals surface area (Å²) in [5.41, 5.74) is 4.03. The Morgan fingerprint density at radius 1 is 1.03 bits per heavy atom. The highest BCUT2D eigenvalue weighted by Crippen LogP contribution is 2.29. The summed E-state index contributed by atoms with van der Waals surface area (Å²) in [5, 5.41) is 13.7. The van der Waals surface area contributed by atoms with Crippen molar-refractivity contribution in [1.82, 2.24) is 29.6 Å². The molecule has 0 aliphatic carbocycles. The van der Waals surface area contributed by atoms with Gasteiger partial charge >= 0.3 is 0 Å². The van der Waals surface area contributed by atoms with Gasteiger partial charge in [0.05, 0.1) is 43.6 Å². The van der Waals surface area contributed by atoms with Crippen molar-refractivity contribution in [3.8, 4) is 22.7 Å². The Morgan fingerprint density at radius 3 is 2.56 bits per heavy atom. The predicted octanol–water partition coefficient (Wildman–Crippen LogP) is 4.21. The summed E-state index contributed by atoms with van der Waals surface area (Å²) < 4.78 is 27.8. The van der Waals surface area contributed by atoms with Gasteiger partial charge in [-0.2, -0.15) is 5.10 Å². The smallest absolute Gasteiger partial charge is 0.213 e. The van der Waals surface area contributed by atoms with Crippen LogP contribution in [0.5, 0.6) is 5.75 Å². The summed E-state index contributed by atoms with van der Waals surface area (Å²) in [7, 11) is 1.64. The molecule has 0 amide bonds. The average molecular weight is 450 g/mol. The number of hydrogen-bond acceptors (Lipinski definition) is 7. The maximum atomic E-state index is 13.1. The molecule has 0 bridgehead atoms. The Balaban J connectivity index is 1.35. The van der Waals surface area contributed by atoms with E-state index in [1.54, 1.807) is 30.1 Å². The van der Waals surface area contributed by atoms with Gasteiger partial charge < -0.3 is 9.47 Å². The number of fused-ring (bicyclic) bond motifs is 1. The normalized spacial score (nSPS) is 11.3. The lowest BCUT2D eigenvalue weighted by Crippen LogP contribution is -2.01. The summed E-state index contributed by atoms with van der Waals surface area (Å²) in [6.45, 7) is 2.51. The minimum Gasteiger partial charge on any atom is -0.497 e. The third-order valence-electron chi connectivity index (χ3n) is 4.88. The van der Waals surface area contributed by atoms with Crippen molar-refractivity contribution in [1.29, 1.82) is 0 Å². The van der Waals surface area contributed by atoms with Crippen molar-refractivity contribution in [2.75, 3.05) is 7.11 Å². The number of halogens is 1. The van der Waals surface area contributed by atoms with Crippen molar-refractivity contribution >= 4 is 16.3 Å². The molecule has 3 heterocycles. The number of aryl methyl sites for hydroxylation is 1. The maximum absolute atomic E-state index is 13.1. The number of hydrogen-bond donors (Lipinski definition) is 0. The molecule has 0 aliphatic heterocycles. The van der Waals surface area contributed by atoms with Crippen LogP contribution in [0.1, 0.15) is 16.4 Å². The molecule has 2 aromatic carbocycles. The highest BCUT2D eigenvalue weighted by molar-refractivity contribution is 7.16. The second-order valence-corrected chi connectivity index (χ2v) is 8.23. The lowest BCUT2D eigenvalue weighted by molar-refractivity contribution is 0.101. The van der Waals surface area contributed by atoms with Gasteiger partial charge in [0.25, 0.3) is 0 Å². The molecule has 0 spiro atoms. The van der Waals surface area contributed by atoms with Crippen LogP contribution in [0, 0.1) is 12.7 Å². The van der Waals surface area contributed by atoms with Crippen LogP contribution in [-0.4, -0.2) is 36.7 Å². The molecule has 8 nitrogen and oxygen atoms in total. The molecule has 5 aromatic rings. The van der Waals surface area contributed by atoms with Gasteiger partial charge in [-0.05, 0) is 55.5 Å². The quantitative estimate of drug-likeness (QED) is 0.370. The first-order valence-electron chi connectivity index (χ1n) is 9.85. The summed E-state index contributed by atoms with van der Waals surface area (Å²) in [6.07, 6.45) is 1.76. The van der Waals surface area contributed by atoms with Gasteiger partial charge in [0, 0.05) is 5.56 Å². The van der Waals surface area contributed by atoms with Gasteiger partial charge in [-0.25, -0.2) is 18.6 Å². The van der Waals surface area contributed by atoms with Gasteiger partial charge in [-0.1, -0.05) is 16.6 Å². The van der Waals surface area contributed by atoms with E-state index in [1.165, 1.54) is 23.5 Å². The Hall–Kier alpha value is -3.63. The van der Waals surface area contributed by atoms with Crippen molar-refractivity contribution in [3.63, 3.8) is 0 Å². The zero-order valence-electron chi connectivity index (χ0n) is 17.4. The van der Waals surface area contributed by atoms with Gasteiger partial charge in [-0.3, -0.25) is 0 Å². The Morgan fingerprint density at radius 2 is 1.81 bits per heavy atom. The third-order valence-corrected chi connectivity index (χ3v) is 5.71. The largest absolute Gasteiger partial charge is 0.497 e. The maximum Gasteiger partial charge on any atom is 0.213 e. The van der Waals surface area contributed by atoms with E-state index in [1.807, 2.05) is 35.7 Å². The molecular weight excluding hydrogens is 431 g/mol. The molecule has 0 aliphatic rings. The monoisotopic (exact) mass is 450 g/mol. The first-order chi connectivity index (χ1) is 15.6. The highest BCUT2D eigenvalue weighted by Gasteiger charge is 2.18. The molecule has 3 aromatic heterocycles. The fourth-order valence-corrected chi connectivity index (χ4v) is 4.09. The standard InChI is InChI=1S/C22H19FN6O2S/c1-14-26-29-20(21(24-22(29)32-14)15-3-9-19(30-2)10-4-15)13-31-12-17-11-28(27-25-17)18-7-5-16(23)6-8-18/h3-11H,12-13H2,1-2H3.